The predicted octanol–water partition coefficient (Wildman–Crippen LogP) is 1.78. The quantitative estimate of drug-likeness (QED) is 0.795. The van der Waals surface area contributed by atoms with Crippen molar-refractivity contribution in [1.29, 1.82) is 0 Å². The van der Waals surface area contributed by atoms with Gasteiger partial charge in [0.1, 0.15) is 0 Å². The lowest BCUT2D eigenvalue weighted by atomic mass is 10.1. The average molecular weight is 380 g/mol. The fourth-order valence-corrected chi connectivity index (χ4v) is 3.51. The topological polar surface area (TPSA) is 65.5 Å². The molecule has 0 bridgehead atoms. The number of hydrogen-bond donors (Lipinski definition) is 1. The van der Waals surface area contributed by atoms with Gasteiger partial charge in [-0.15, -0.1) is 0 Å². The average Bonchev–Trinajstić information content (AvgIpc) is 2.70. The second-order valence-corrected chi connectivity index (χ2v) is 7.33. The van der Waals surface area contributed by atoms with Crippen molar-refractivity contribution < 1.29 is 9.59 Å². The molecule has 1 saturated heterocycles. The first-order chi connectivity index (χ1) is 13.5. The van der Waals surface area contributed by atoms with Gasteiger partial charge in [0.15, 0.2) is 0 Å². The number of aromatic nitrogens is 1. The number of rotatable bonds is 7. The summed E-state index contributed by atoms with van der Waals surface area (Å²) in [5.74, 6) is -0.0795. The van der Waals surface area contributed by atoms with Crippen LogP contribution in [0.5, 0.6) is 0 Å². The van der Waals surface area contributed by atoms with Crippen LogP contribution in [0.15, 0.2) is 48.8 Å². The number of hydrogen-bond acceptors (Lipinski definition) is 4. The molecule has 1 aliphatic rings. The number of carbonyl (C=O) groups is 2. The molecule has 1 aromatic heterocycles. The Labute approximate surface area is 166 Å². The highest BCUT2D eigenvalue weighted by molar-refractivity contribution is 5.88. The second kappa shape index (κ2) is 9.46. The highest BCUT2D eigenvalue weighted by atomic mass is 16.2. The van der Waals surface area contributed by atoms with Crippen LogP contribution in [0.3, 0.4) is 0 Å². The minimum atomic E-state index is -0.411. The van der Waals surface area contributed by atoms with E-state index in [4.69, 9.17) is 0 Å². The summed E-state index contributed by atoms with van der Waals surface area (Å²) in [7, 11) is 1.79. The maximum atomic E-state index is 12.8. The molecule has 0 radical (unpaired) electrons. The summed E-state index contributed by atoms with van der Waals surface area (Å²) in [6.45, 7) is 4.67. The van der Waals surface area contributed by atoms with E-state index < -0.39 is 6.04 Å². The van der Waals surface area contributed by atoms with Gasteiger partial charge in [-0.2, -0.15) is 0 Å². The van der Waals surface area contributed by atoms with Crippen LogP contribution in [0.1, 0.15) is 23.1 Å². The van der Waals surface area contributed by atoms with Gasteiger partial charge >= 0.3 is 0 Å². The molecule has 6 heteroatoms. The molecule has 2 aromatic rings. The van der Waals surface area contributed by atoms with Crippen molar-refractivity contribution in [3.63, 3.8) is 0 Å². The third-order valence-electron chi connectivity index (χ3n) is 5.31. The molecule has 1 aromatic carbocycles. The van der Waals surface area contributed by atoms with E-state index in [2.05, 4.69) is 27.3 Å². The van der Waals surface area contributed by atoms with Crippen molar-refractivity contribution >= 4 is 11.8 Å². The van der Waals surface area contributed by atoms with Crippen LogP contribution in [0.4, 0.5) is 0 Å². The standard InChI is InChI=1S/C22H28N4O2/c1-17-15-23-10-8-19(17)16-25(2)21(27)14-20-22(28)24-11-13-26(20)12-9-18-6-4-3-5-7-18/h3-8,10,15,20H,9,11-14,16H2,1-2H3,(H,24,28). The third-order valence-corrected chi connectivity index (χ3v) is 5.31. The van der Waals surface area contributed by atoms with Crippen molar-refractivity contribution in [3.05, 3.63) is 65.5 Å². The summed E-state index contributed by atoms with van der Waals surface area (Å²) >= 11 is 0. The van der Waals surface area contributed by atoms with Gasteiger partial charge in [0, 0.05) is 45.6 Å². The van der Waals surface area contributed by atoms with Crippen LogP contribution < -0.4 is 5.32 Å². The Balaban J connectivity index is 1.60. The summed E-state index contributed by atoms with van der Waals surface area (Å²) in [5, 5.41) is 2.90. The number of pyridine rings is 1. The Morgan fingerprint density at radius 2 is 2.07 bits per heavy atom. The molecule has 28 heavy (non-hydrogen) atoms. The highest BCUT2D eigenvalue weighted by Crippen LogP contribution is 2.14. The zero-order valence-corrected chi connectivity index (χ0v) is 16.6. The predicted molar refractivity (Wildman–Crippen MR) is 109 cm³/mol. The molecule has 1 atom stereocenters. The van der Waals surface area contributed by atoms with Crippen molar-refractivity contribution in [2.24, 2.45) is 0 Å². The fourth-order valence-electron chi connectivity index (χ4n) is 3.51. The minimum absolute atomic E-state index is 0.0250. The van der Waals surface area contributed by atoms with E-state index >= 15 is 0 Å². The molecule has 1 fully saturated rings. The lowest BCUT2D eigenvalue weighted by Crippen LogP contribution is -2.56. The van der Waals surface area contributed by atoms with Crippen molar-refractivity contribution in [3.8, 4) is 0 Å². The molecule has 1 unspecified atom stereocenters. The number of nitrogens with zero attached hydrogens (tertiary/aromatic N) is 3. The largest absolute Gasteiger partial charge is 0.353 e. The van der Waals surface area contributed by atoms with E-state index in [0.29, 0.717) is 13.1 Å². The minimum Gasteiger partial charge on any atom is -0.353 e. The summed E-state index contributed by atoms with van der Waals surface area (Å²) in [4.78, 5) is 33.2. The zero-order valence-electron chi connectivity index (χ0n) is 16.6. The summed E-state index contributed by atoms with van der Waals surface area (Å²) in [5.41, 5.74) is 3.37. The van der Waals surface area contributed by atoms with Crippen molar-refractivity contribution in [2.45, 2.75) is 32.4 Å². The number of nitrogens with one attached hydrogen (secondary N) is 1. The Morgan fingerprint density at radius 1 is 1.29 bits per heavy atom. The summed E-state index contributed by atoms with van der Waals surface area (Å²) in [6, 6.07) is 11.7. The SMILES string of the molecule is Cc1cnccc1CN(C)C(=O)CC1C(=O)NCCN1CCc1ccccc1. The molecule has 6 nitrogen and oxygen atoms in total. The van der Waals surface area contributed by atoms with Crippen molar-refractivity contribution in [2.75, 3.05) is 26.7 Å². The van der Waals surface area contributed by atoms with E-state index in [0.717, 1.165) is 30.6 Å². The fraction of sp³-hybridized carbons (Fsp3) is 0.409. The first kappa shape index (κ1) is 20.0. The normalized spacial score (nSPS) is 17.2. The molecule has 1 aliphatic heterocycles. The molecule has 0 saturated carbocycles. The first-order valence-corrected chi connectivity index (χ1v) is 9.73. The number of piperazine rings is 1. The van der Waals surface area contributed by atoms with Gasteiger partial charge in [-0.1, -0.05) is 30.3 Å². The summed E-state index contributed by atoms with van der Waals surface area (Å²) in [6.07, 6.45) is 4.60. The van der Waals surface area contributed by atoms with Crippen LogP contribution >= 0.6 is 0 Å². The summed E-state index contributed by atoms with van der Waals surface area (Å²) < 4.78 is 0. The molecular formula is C22H28N4O2. The van der Waals surface area contributed by atoms with E-state index in [1.165, 1.54) is 5.56 Å². The molecule has 148 valence electrons. The van der Waals surface area contributed by atoms with Crippen LogP contribution in [-0.2, 0) is 22.6 Å². The number of carbonyl (C=O) groups excluding carboxylic acids is 2. The maximum Gasteiger partial charge on any atom is 0.237 e. The lowest BCUT2D eigenvalue weighted by molar-refractivity contribution is -0.138. The van der Waals surface area contributed by atoms with E-state index in [-0.39, 0.29) is 18.2 Å². The van der Waals surface area contributed by atoms with Gasteiger partial charge in [0.2, 0.25) is 11.8 Å². The number of benzene rings is 1. The van der Waals surface area contributed by atoms with Crippen LogP contribution in [0.25, 0.3) is 0 Å². The molecule has 2 heterocycles. The van der Waals surface area contributed by atoms with E-state index in [9.17, 15) is 9.59 Å². The second-order valence-electron chi connectivity index (χ2n) is 7.33. The van der Waals surface area contributed by atoms with Crippen molar-refractivity contribution in [1.82, 2.24) is 20.1 Å². The van der Waals surface area contributed by atoms with E-state index in [1.807, 2.05) is 31.2 Å². The third kappa shape index (κ3) is 5.16. The van der Waals surface area contributed by atoms with Crippen LogP contribution in [0, 0.1) is 6.92 Å². The Bertz CT molecular complexity index is 809. The molecule has 0 spiro atoms. The molecule has 0 aliphatic carbocycles. The van der Waals surface area contributed by atoms with Crippen LogP contribution in [-0.4, -0.2) is 59.3 Å². The van der Waals surface area contributed by atoms with Gasteiger partial charge < -0.3 is 10.2 Å². The smallest absolute Gasteiger partial charge is 0.237 e. The molecular weight excluding hydrogens is 352 g/mol. The highest BCUT2D eigenvalue weighted by Gasteiger charge is 2.32. The van der Waals surface area contributed by atoms with Gasteiger partial charge in [-0.25, -0.2) is 0 Å². The first-order valence-electron chi connectivity index (χ1n) is 9.73. The monoisotopic (exact) mass is 380 g/mol. The maximum absolute atomic E-state index is 12.8. The van der Waals surface area contributed by atoms with E-state index in [1.54, 1.807) is 24.3 Å². The number of aryl methyl sites for hydroxylation is 1. The molecule has 3 rings (SSSR count). The van der Waals surface area contributed by atoms with Gasteiger partial charge in [-0.3, -0.25) is 19.5 Å². The van der Waals surface area contributed by atoms with Crippen LogP contribution in [0.2, 0.25) is 0 Å². The Morgan fingerprint density at radius 3 is 2.82 bits per heavy atom. The van der Waals surface area contributed by atoms with Gasteiger partial charge in [0.05, 0.1) is 12.5 Å². The Kier molecular flexibility index (Phi) is 6.76. The zero-order chi connectivity index (χ0) is 19.9. The van der Waals surface area contributed by atoms with Gasteiger partial charge in [-0.05, 0) is 36.1 Å². The molecule has 1 N–H and O–H groups in total. The molecule has 2 amide bonds. The lowest BCUT2D eigenvalue weighted by Gasteiger charge is -2.35. The van der Waals surface area contributed by atoms with Gasteiger partial charge in [0.25, 0.3) is 0 Å². The Hall–Kier alpha value is -2.73. The number of amides is 2.